The smallest absolute Gasteiger partial charge is 0.320 e. The summed E-state index contributed by atoms with van der Waals surface area (Å²) in [6.07, 6.45) is 0. The van der Waals surface area contributed by atoms with E-state index in [2.05, 4.69) is 13.8 Å². The average Bonchev–Trinajstić information content (AvgIpc) is 2.31. The molecule has 116 valence electrons. The lowest BCUT2D eigenvalue weighted by molar-refractivity contribution is -0.144. The number of hydrogen-bond acceptors (Lipinski definition) is 3. The molecule has 20 heavy (non-hydrogen) atoms. The molecule has 0 aliphatic carbocycles. The fourth-order valence-corrected chi connectivity index (χ4v) is 2.29. The molecule has 1 rings (SSSR count). The number of ether oxygens (including phenoxy) is 1. The van der Waals surface area contributed by atoms with Crippen LogP contribution in [0.25, 0.3) is 0 Å². The van der Waals surface area contributed by atoms with Crippen LogP contribution in [0.3, 0.4) is 0 Å². The highest BCUT2D eigenvalue weighted by atomic mass is 16.5. The molecule has 1 heterocycles. The summed E-state index contributed by atoms with van der Waals surface area (Å²) in [4.78, 5) is 26.8. The number of carboxylic acid groups (broad SMARTS) is 1. The van der Waals surface area contributed by atoms with E-state index in [4.69, 9.17) is 9.84 Å². The fourth-order valence-electron chi connectivity index (χ4n) is 2.29. The molecule has 1 aliphatic rings. The van der Waals surface area contributed by atoms with Gasteiger partial charge in [-0.25, -0.2) is 4.79 Å². The summed E-state index contributed by atoms with van der Waals surface area (Å²) in [6.45, 7) is 8.69. The number of aliphatic carboxylic acids is 1. The minimum Gasteiger partial charge on any atom is -0.481 e. The quantitative estimate of drug-likeness (QED) is 0.767. The predicted octanol–water partition coefficient (Wildman–Crippen LogP) is 1.36. The monoisotopic (exact) mass is 286 g/mol. The van der Waals surface area contributed by atoms with E-state index in [1.165, 1.54) is 0 Å². The van der Waals surface area contributed by atoms with Crippen molar-refractivity contribution in [2.45, 2.75) is 20.8 Å². The van der Waals surface area contributed by atoms with Crippen LogP contribution in [0.1, 0.15) is 20.8 Å². The molecule has 6 heteroatoms. The molecule has 0 aromatic rings. The Balaban J connectivity index is 2.49. The maximum atomic E-state index is 12.4. The third kappa shape index (κ3) is 4.37. The SMILES string of the molecule is COCCN(CC(C)C)C(=O)N1CC(C(C)C(=O)O)C1. The van der Waals surface area contributed by atoms with Crippen LogP contribution >= 0.6 is 0 Å². The van der Waals surface area contributed by atoms with E-state index in [0.29, 0.717) is 38.7 Å². The molecule has 1 N–H and O–H groups in total. The second-order valence-corrected chi connectivity index (χ2v) is 5.91. The van der Waals surface area contributed by atoms with Crippen molar-refractivity contribution in [3.63, 3.8) is 0 Å². The van der Waals surface area contributed by atoms with Crippen LogP contribution in [0.4, 0.5) is 4.79 Å². The maximum absolute atomic E-state index is 12.4. The first-order valence-electron chi connectivity index (χ1n) is 7.12. The molecular formula is C14H26N2O4. The molecule has 1 fully saturated rings. The highest BCUT2D eigenvalue weighted by molar-refractivity contribution is 5.76. The Bertz CT molecular complexity index is 340. The van der Waals surface area contributed by atoms with E-state index in [0.717, 1.165) is 0 Å². The number of methoxy groups -OCH3 is 1. The minimum absolute atomic E-state index is 0.00964. The van der Waals surface area contributed by atoms with E-state index >= 15 is 0 Å². The van der Waals surface area contributed by atoms with Crippen molar-refractivity contribution in [2.24, 2.45) is 17.8 Å². The predicted molar refractivity (Wildman–Crippen MR) is 75.5 cm³/mol. The molecular weight excluding hydrogens is 260 g/mol. The molecule has 1 atom stereocenters. The molecule has 0 aromatic heterocycles. The number of amides is 2. The molecule has 1 unspecified atom stereocenters. The molecule has 0 bridgehead atoms. The largest absolute Gasteiger partial charge is 0.481 e. The topological polar surface area (TPSA) is 70.1 Å². The first-order chi connectivity index (χ1) is 9.36. The Morgan fingerprint density at radius 2 is 1.95 bits per heavy atom. The number of nitrogens with zero attached hydrogens (tertiary/aromatic N) is 2. The van der Waals surface area contributed by atoms with Gasteiger partial charge in [0.25, 0.3) is 0 Å². The number of carbonyl (C=O) groups excluding carboxylic acids is 1. The normalized spacial score (nSPS) is 16.9. The van der Waals surface area contributed by atoms with E-state index in [1.54, 1.807) is 23.8 Å². The van der Waals surface area contributed by atoms with Crippen molar-refractivity contribution in [3.8, 4) is 0 Å². The van der Waals surface area contributed by atoms with Gasteiger partial charge in [0.1, 0.15) is 0 Å². The Kier molecular flexibility index (Phi) is 6.26. The Hall–Kier alpha value is -1.30. The van der Waals surface area contributed by atoms with Crippen LogP contribution in [0.5, 0.6) is 0 Å². The van der Waals surface area contributed by atoms with E-state index < -0.39 is 11.9 Å². The van der Waals surface area contributed by atoms with Crippen LogP contribution in [-0.4, -0.2) is 66.8 Å². The summed E-state index contributed by atoms with van der Waals surface area (Å²) in [5, 5.41) is 8.96. The molecule has 6 nitrogen and oxygen atoms in total. The van der Waals surface area contributed by atoms with Gasteiger partial charge in [-0.05, 0) is 5.92 Å². The fraction of sp³-hybridized carbons (Fsp3) is 0.857. The zero-order valence-electron chi connectivity index (χ0n) is 12.8. The summed E-state index contributed by atoms with van der Waals surface area (Å²) in [6, 6.07) is -0.00964. The van der Waals surface area contributed by atoms with Gasteiger partial charge in [0.2, 0.25) is 0 Å². The lowest BCUT2D eigenvalue weighted by Gasteiger charge is -2.43. The van der Waals surface area contributed by atoms with Crippen LogP contribution in [-0.2, 0) is 9.53 Å². The van der Waals surface area contributed by atoms with Gasteiger partial charge in [0.05, 0.1) is 12.5 Å². The van der Waals surface area contributed by atoms with Crippen LogP contribution < -0.4 is 0 Å². The summed E-state index contributed by atoms with van der Waals surface area (Å²) in [5.74, 6) is -0.720. The summed E-state index contributed by atoms with van der Waals surface area (Å²) < 4.78 is 5.04. The number of carbonyl (C=O) groups is 2. The van der Waals surface area contributed by atoms with Crippen LogP contribution in [0.2, 0.25) is 0 Å². The first-order valence-corrected chi connectivity index (χ1v) is 7.12. The number of likely N-dealkylation sites (tertiary alicyclic amines) is 1. The van der Waals surface area contributed by atoms with Crippen LogP contribution in [0, 0.1) is 17.8 Å². The minimum atomic E-state index is -0.791. The Morgan fingerprint density at radius 3 is 2.40 bits per heavy atom. The van der Waals surface area contributed by atoms with Gasteiger partial charge in [-0.2, -0.15) is 0 Å². The maximum Gasteiger partial charge on any atom is 0.320 e. The van der Waals surface area contributed by atoms with Gasteiger partial charge in [-0.15, -0.1) is 0 Å². The van der Waals surface area contributed by atoms with E-state index in [-0.39, 0.29) is 11.9 Å². The van der Waals surface area contributed by atoms with Crippen molar-refractivity contribution in [1.82, 2.24) is 9.80 Å². The van der Waals surface area contributed by atoms with E-state index in [9.17, 15) is 9.59 Å². The van der Waals surface area contributed by atoms with Crippen molar-refractivity contribution in [1.29, 1.82) is 0 Å². The molecule has 2 amide bonds. The lowest BCUT2D eigenvalue weighted by atomic mass is 9.87. The lowest BCUT2D eigenvalue weighted by Crippen LogP contribution is -2.58. The van der Waals surface area contributed by atoms with Crippen LogP contribution in [0.15, 0.2) is 0 Å². The van der Waals surface area contributed by atoms with E-state index in [1.807, 2.05) is 0 Å². The van der Waals surface area contributed by atoms with Crippen molar-refractivity contribution in [2.75, 3.05) is 39.9 Å². The zero-order chi connectivity index (χ0) is 15.3. The number of rotatable bonds is 7. The molecule has 0 aromatic carbocycles. The van der Waals surface area contributed by atoms with Gasteiger partial charge in [0.15, 0.2) is 0 Å². The molecule has 0 spiro atoms. The van der Waals surface area contributed by atoms with Gasteiger partial charge in [-0.1, -0.05) is 20.8 Å². The van der Waals surface area contributed by atoms with Gasteiger partial charge in [0, 0.05) is 39.2 Å². The standard InChI is InChI=1S/C14H26N2O4/c1-10(2)7-15(5-6-20-4)14(19)16-8-12(9-16)11(3)13(17)18/h10-12H,5-9H2,1-4H3,(H,17,18). The molecule has 1 saturated heterocycles. The summed E-state index contributed by atoms with van der Waals surface area (Å²) in [7, 11) is 1.62. The summed E-state index contributed by atoms with van der Waals surface area (Å²) >= 11 is 0. The third-order valence-corrected chi connectivity index (χ3v) is 3.70. The van der Waals surface area contributed by atoms with Crippen molar-refractivity contribution < 1.29 is 19.4 Å². The van der Waals surface area contributed by atoms with Gasteiger partial charge < -0.3 is 19.6 Å². The number of urea groups is 1. The molecule has 0 radical (unpaired) electrons. The number of hydrogen-bond donors (Lipinski definition) is 1. The second kappa shape index (κ2) is 7.47. The number of carboxylic acids is 1. The molecule has 0 saturated carbocycles. The Labute approximate surface area is 120 Å². The highest BCUT2D eigenvalue weighted by Crippen LogP contribution is 2.25. The third-order valence-electron chi connectivity index (χ3n) is 3.70. The zero-order valence-corrected chi connectivity index (χ0v) is 12.8. The van der Waals surface area contributed by atoms with Gasteiger partial charge in [-0.3, -0.25) is 4.79 Å². The Morgan fingerprint density at radius 1 is 1.35 bits per heavy atom. The molecule has 1 aliphatic heterocycles. The van der Waals surface area contributed by atoms with Crippen molar-refractivity contribution >= 4 is 12.0 Å². The van der Waals surface area contributed by atoms with Gasteiger partial charge >= 0.3 is 12.0 Å². The van der Waals surface area contributed by atoms with Crippen molar-refractivity contribution in [3.05, 3.63) is 0 Å². The second-order valence-electron chi connectivity index (χ2n) is 5.91. The highest BCUT2D eigenvalue weighted by Gasteiger charge is 2.38. The first kappa shape index (κ1) is 16.8. The summed E-state index contributed by atoms with van der Waals surface area (Å²) in [5.41, 5.74) is 0. The average molecular weight is 286 g/mol.